The summed E-state index contributed by atoms with van der Waals surface area (Å²) in [6.45, 7) is 10.3. The van der Waals surface area contributed by atoms with Crippen molar-refractivity contribution in [1.82, 2.24) is 4.90 Å². The summed E-state index contributed by atoms with van der Waals surface area (Å²) in [5.41, 5.74) is 0. The lowest BCUT2D eigenvalue weighted by Gasteiger charge is -2.26. The minimum absolute atomic E-state index is 0.141. The molecule has 1 atom stereocenters. The van der Waals surface area contributed by atoms with Gasteiger partial charge in [-0.3, -0.25) is 0 Å². The van der Waals surface area contributed by atoms with Gasteiger partial charge in [-0.15, -0.1) is 0 Å². The Labute approximate surface area is 97.4 Å². The Bertz CT molecular complexity index is 177. The first kappa shape index (κ1) is 13.2. The average molecular weight is 234 g/mol. The van der Waals surface area contributed by atoms with Gasteiger partial charge in [0.15, 0.2) is 0 Å². The maximum absolute atomic E-state index is 7.96. The summed E-state index contributed by atoms with van der Waals surface area (Å²) in [5.74, 6) is 0. The molecule has 0 spiro atoms. The topological polar surface area (TPSA) is 21.7 Å². The summed E-state index contributed by atoms with van der Waals surface area (Å²) < 4.78 is 19.5. The molecule has 1 unspecified atom stereocenters. The van der Waals surface area contributed by atoms with Gasteiger partial charge in [0, 0.05) is 14.6 Å². The molecule has 0 aliphatic rings. The van der Waals surface area contributed by atoms with Crippen LogP contribution in [0.2, 0.25) is 12.6 Å². The zero-order chi connectivity index (χ0) is 12.6. The van der Waals surface area contributed by atoms with Crippen LogP contribution in [0.4, 0.5) is 0 Å². The zero-order valence-corrected chi connectivity index (χ0v) is 11.9. The number of nitrogens with zero attached hydrogens (tertiary/aromatic N) is 1. The van der Waals surface area contributed by atoms with Crippen LogP contribution in [0.25, 0.3) is 0 Å². The van der Waals surface area contributed by atoms with Gasteiger partial charge in [0.2, 0.25) is 0 Å². The van der Waals surface area contributed by atoms with E-state index in [1.165, 1.54) is 0 Å². The van der Waals surface area contributed by atoms with E-state index in [1.54, 1.807) is 0 Å². The number of hydrogen-bond donors (Lipinski definition) is 0. The first-order chi connectivity index (χ1) is 7.49. The van der Waals surface area contributed by atoms with E-state index < -0.39 is 8.56 Å². The Hall–Kier alpha value is 0.0969. The fraction of sp³-hybridized carbons (Fsp3) is 1.00. The van der Waals surface area contributed by atoms with Crippen molar-refractivity contribution in [3.05, 3.63) is 0 Å². The SMILES string of the molecule is [2H]C(CC[Si](C)(OCC)OCC)N(C)CC. The van der Waals surface area contributed by atoms with Crippen LogP contribution in [0.1, 0.15) is 28.6 Å². The van der Waals surface area contributed by atoms with Crippen molar-refractivity contribution >= 4 is 8.56 Å². The fourth-order valence-corrected chi connectivity index (χ4v) is 3.72. The van der Waals surface area contributed by atoms with E-state index in [-0.39, 0.29) is 6.52 Å². The summed E-state index contributed by atoms with van der Waals surface area (Å²) in [5, 5.41) is 0. The first-order valence-electron chi connectivity index (χ1n) is 6.47. The third-order valence-electron chi connectivity index (χ3n) is 2.44. The van der Waals surface area contributed by atoms with Crippen LogP contribution in [0.5, 0.6) is 0 Å². The molecule has 0 fully saturated rings. The molecule has 0 saturated heterocycles. The predicted molar refractivity (Wildman–Crippen MR) is 67.5 cm³/mol. The molecule has 0 radical (unpaired) electrons. The summed E-state index contributed by atoms with van der Waals surface area (Å²) in [7, 11) is -0.0334. The lowest BCUT2D eigenvalue weighted by molar-refractivity contribution is 0.186. The van der Waals surface area contributed by atoms with E-state index in [4.69, 9.17) is 10.2 Å². The maximum atomic E-state index is 7.96. The van der Waals surface area contributed by atoms with Gasteiger partial charge in [-0.25, -0.2) is 0 Å². The highest BCUT2D eigenvalue weighted by Crippen LogP contribution is 2.15. The summed E-state index contributed by atoms with van der Waals surface area (Å²) in [6, 6.07) is 0.896. The number of rotatable bonds is 9. The second-order valence-electron chi connectivity index (χ2n) is 3.79. The highest BCUT2D eigenvalue weighted by molar-refractivity contribution is 6.66. The van der Waals surface area contributed by atoms with Crippen LogP contribution in [0, 0.1) is 0 Å². The molecule has 0 N–H and O–H groups in total. The monoisotopic (exact) mass is 234 g/mol. The van der Waals surface area contributed by atoms with E-state index in [1.807, 2.05) is 25.8 Å². The fourth-order valence-electron chi connectivity index (χ4n) is 1.47. The van der Waals surface area contributed by atoms with Gasteiger partial charge in [-0.1, -0.05) is 6.92 Å². The van der Waals surface area contributed by atoms with Crippen molar-refractivity contribution < 1.29 is 10.2 Å². The summed E-state index contributed by atoms with van der Waals surface area (Å²) in [6.07, 6.45) is 0.826. The van der Waals surface area contributed by atoms with Gasteiger partial charge in [0.05, 0.1) is 0 Å². The van der Waals surface area contributed by atoms with Crippen LogP contribution in [-0.2, 0) is 8.85 Å². The van der Waals surface area contributed by atoms with Crippen molar-refractivity contribution in [1.29, 1.82) is 0 Å². The number of hydrogen-bond acceptors (Lipinski definition) is 3. The van der Waals surface area contributed by atoms with Crippen LogP contribution in [0.15, 0.2) is 0 Å². The summed E-state index contributed by atoms with van der Waals surface area (Å²) in [4.78, 5) is 2.03. The Morgan fingerprint density at radius 2 is 1.73 bits per heavy atom. The largest absolute Gasteiger partial charge is 0.395 e. The highest BCUT2D eigenvalue weighted by Gasteiger charge is 2.29. The molecule has 3 nitrogen and oxygen atoms in total. The lowest BCUT2D eigenvalue weighted by Crippen LogP contribution is -2.39. The molecule has 0 aliphatic carbocycles. The van der Waals surface area contributed by atoms with E-state index in [2.05, 4.69) is 13.5 Å². The van der Waals surface area contributed by atoms with E-state index in [9.17, 15) is 0 Å². The minimum atomic E-state index is -2.02. The van der Waals surface area contributed by atoms with Crippen LogP contribution in [0.3, 0.4) is 0 Å². The van der Waals surface area contributed by atoms with Gasteiger partial charge in [-0.05, 0) is 53.0 Å². The molecule has 0 aromatic carbocycles. The second-order valence-corrected chi connectivity index (χ2v) is 7.14. The van der Waals surface area contributed by atoms with Crippen LogP contribution < -0.4 is 0 Å². The molecule has 0 aromatic rings. The smallest absolute Gasteiger partial charge is 0.334 e. The van der Waals surface area contributed by atoms with Crippen LogP contribution in [-0.4, -0.2) is 46.8 Å². The van der Waals surface area contributed by atoms with Crippen molar-refractivity contribution in [3.63, 3.8) is 0 Å². The van der Waals surface area contributed by atoms with E-state index in [0.29, 0.717) is 13.2 Å². The maximum Gasteiger partial charge on any atom is 0.334 e. The Morgan fingerprint density at radius 1 is 1.20 bits per heavy atom. The standard InChI is InChI=1S/C11H27NO2Si/c1-6-12(4)10-9-11-15(5,13-7-2)14-8-3/h6-11H2,1-5H3/i10D. The molecule has 92 valence electrons. The first-order valence-corrected chi connectivity index (χ1v) is 8.41. The van der Waals surface area contributed by atoms with Crippen molar-refractivity contribution in [2.45, 2.75) is 39.8 Å². The molecule has 0 aliphatic heterocycles. The lowest BCUT2D eigenvalue weighted by atomic mass is 10.4. The average Bonchev–Trinajstić information content (AvgIpc) is 2.25. The van der Waals surface area contributed by atoms with E-state index in [0.717, 1.165) is 19.0 Å². The van der Waals surface area contributed by atoms with Gasteiger partial charge in [-0.2, -0.15) is 0 Å². The molecule has 0 rings (SSSR count). The van der Waals surface area contributed by atoms with Crippen molar-refractivity contribution in [3.8, 4) is 0 Å². The molecule has 15 heavy (non-hydrogen) atoms. The van der Waals surface area contributed by atoms with Gasteiger partial charge in [0.1, 0.15) is 0 Å². The molecule has 0 bridgehead atoms. The molecule has 4 heteroatoms. The third-order valence-corrected chi connectivity index (χ3v) is 5.43. The molecule has 0 saturated carbocycles. The molecule has 0 amide bonds. The molecular weight excluding hydrogens is 206 g/mol. The van der Waals surface area contributed by atoms with Crippen molar-refractivity contribution in [2.24, 2.45) is 0 Å². The second kappa shape index (κ2) is 8.27. The molecular formula is C11H27NO2Si. The minimum Gasteiger partial charge on any atom is -0.395 e. The molecule has 0 heterocycles. The quantitative estimate of drug-likeness (QED) is 0.572. The molecule has 0 aromatic heterocycles. The zero-order valence-electron chi connectivity index (χ0n) is 11.9. The van der Waals surface area contributed by atoms with Crippen molar-refractivity contribution in [2.75, 3.05) is 33.3 Å². The Morgan fingerprint density at radius 3 is 2.13 bits per heavy atom. The Balaban J connectivity index is 4.10. The van der Waals surface area contributed by atoms with Gasteiger partial charge in [0.25, 0.3) is 0 Å². The predicted octanol–water partition coefficient (Wildman–Crippen LogP) is 2.47. The van der Waals surface area contributed by atoms with Crippen LogP contribution >= 0.6 is 0 Å². The normalized spacial score (nSPS) is 15.5. The highest BCUT2D eigenvalue weighted by atomic mass is 28.4. The van der Waals surface area contributed by atoms with Gasteiger partial charge < -0.3 is 13.8 Å². The Kier molecular flexibility index (Phi) is 7.26. The van der Waals surface area contributed by atoms with Gasteiger partial charge >= 0.3 is 8.56 Å². The third kappa shape index (κ3) is 7.06. The van der Waals surface area contributed by atoms with E-state index >= 15 is 0 Å². The summed E-state index contributed by atoms with van der Waals surface area (Å²) >= 11 is 0.